The summed E-state index contributed by atoms with van der Waals surface area (Å²) in [6, 6.07) is 2.06. The third-order valence-electron chi connectivity index (χ3n) is 3.72. The first-order valence-corrected chi connectivity index (χ1v) is 6.27. The van der Waals surface area contributed by atoms with Gasteiger partial charge in [-0.2, -0.15) is 5.26 Å². The number of rotatable bonds is 4. The molecule has 0 bridgehead atoms. The monoisotopic (exact) mass is 246 g/mol. The van der Waals surface area contributed by atoms with E-state index in [1.54, 1.807) is 6.20 Å². The molecule has 1 aliphatic rings. The summed E-state index contributed by atoms with van der Waals surface area (Å²) in [5, 5.41) is 11.8. The van der Waals surface area contributed by atoms with Gasteiger partial charge >= 0.3 is 0 Å². The number of hydrogen-bond acceptors (Lipinski definition) is 3. The van der Waals surface area contributed by atoms with Crippen LogP contribution in [0.15, 0.2) is 6.20 Å². The number of imidazole rings is 1. The van der Waals surface area contributed by atoms with Crippen LogP contribution in [0.1, 0.15) is 37.7 Å². The molecule has 96 valence electrons. The number of amides is 1. The van der Waals surface area contributed by atoms with Crippen LogP contribution in [0.3, 0.4) is 0 Å². The van der Waals surface area contributed by atoms with E-state index in [0.717, 1.165) is 31.5 Å². The molecule has 1 unspecified atom stereocenters. The fraction of sp³-hybridized carbons (Fsp3) is 0.615. The van der Waals surface area contributed by atoms with E-state index in [-0.39, 0.29) is 11.3 Å². The van der Waals surface area contributed by atoms with Crippen molar-refractivity contribution in [2.45, 2.75) is 32.6 Å². The van der Waals surface area contributed by atoms with E-state index in [2.05, 4.69) is 23.3 Å². The van der Waals surface area contributed by atoms with Crippen molar-refractivity contribution >= 4 is 5.91 Å². The lowest BCUT2D eigenvalue weighted by Gasteiger charge is -2.26. The normalized spacial score (nSPS) is 22.8. The quantitative estimate of drug-likeness (QED) is 0.866. The van der Waals surface area contributed by atoms with Gasteiger partial charge in [0.2, 0.25) is 11.7 Å². The van der Waals surface area contributed by atoms with Crippen molar-refractivity contribution in [2.75, 3.05) is 6.54 Å². The van der Waals surface area contributed by atoms with Crippen LogP contribution in [0.4, 0.5) is 0 Å². The number of aromatic nitrogens is 2. The first-order valence-electron chi connectivity index (χ1n) is 6.27. The molecule has 18 heavy (non-hydrogen) atoms. The smallest absolute Gasteiger partial charge is 0.220 e. The average molecular weight is 246 g/mol. The van der Waals surface area contributed by atoms with Gasteiger partial charge in [-0.1, -0.05) is 13.3 Å². The third kappa shape index (κ3) is 2.23. The summed E-state index contributed by atoms with van der Waals surface area (Å²) in [5.74, 6) is 0.556. The van der Waals surface area contributed by atoms with Crippen molar-refractivity contribution < 1.29 is 4.79 Å². The lowest BCUT2D eigenvalue weighted by molar-refractivity contribution is -0.119. The summed E-state index contributed by atoms with van der Waals surface area (Å²) in [6.45, 7) is 2.86. The summed E-state index contributed by atoms with van der Waals surface area (Å²) >= 11 is 0. The van der Waals surface area contributed by atoms with Gasteiger partial charge in [0.15, 0.2) is 0 Å². The Bertz CT molecular complexity index is 500. The summed E-state index contributed by atoms with van der Waals surface area (Å²) < 4.78 is 1.82. The Labute approximate surface area is 107 Å². The standard InChI is InChI=1S/C13H18N4O/c1-3-4-13(6-12(18)16-9-13)5-10-8-15-11(7-14)17(10)2/h8H,3-6,9H2,1-2H3,(H,16,18). The van der Waals surface area contributed by atoms with Crippen molar-refractivity contribution in [3.63, 3.8) is 0 Å². The lowest BCUT2D eigenvalue weighted by atomic mass is 9.78. The number of nitrogens with zero attached hydrogens (tertiary/aromatic N) is 3. The van der Waals surface area contributed by atoms with Gasteiger partial charge in [-0.15, -0.1) is 0 Å². The lowest BCUT2D eigenvalue weighted by Crippen LogP contribution is -2.27. The highest BCUT2D eigenvalue weighted by Crippen LogP contribution is 2.35. The maximum absolute atomic E-state index is 11.5. The van der Waals surface area contributed by atoms with Crippen LogP contribution in [0.5, 0.6) is 0 Å². The SMILES string of the molecule is CCCC1(Cc2cnc(C#N)n2C)CNC(=O)C1. The van der Waals surface area contributed by atoms with Crippen LogP contribution in [-0.4, -0.2) is 22.0 Å². The van der Waals surface area contributed by atoms with E-state index in [1.807, 2.05) is 11.6 Å². The Balaban J connectivity index is 2.22. The molecular weight excluding hydrogens is 228 g/mol. The topological polar surface area (TPSA) is 70.7 Å². The zero-order valence-corrected chi connectivity index (χ0v) is 10.9. The molecular formula is C13H18N4O. The second-order valence-electron chi connectivity index (χ2n) is 5.12. The Hall–Kier alpha value is -1.83. The van der Waals surface area contributed by atoms with Crippen LogP contribution >= 0.6 is 0 Å². The average Bonchev–Trinajstić information content (AvgIpc) is 2.86. The first-order chi connectivity index (χ1) is 8.60. The Morgan fingerprint density at radius 3 is 2.94 bits per heavy atom. The van der Waals surface area contributed by atoms with Crippen molar-refractivity contribution in [1.29, 1.82) is 5.26 Å². The summed E-state index contributed by atoms with van der Waals surface area (Å²) in [6.07, 6.45) is 5.19. The van der Waals surface area contributed by atoms with Crippen molar-refractivity contribution in [3.8, 4) is 6.07 Å². The number of carbonyl (C=O) groups excluding carboxylic acids is 1. The number of carbonyl (C=O) groups is 1. The van der Waals surface area contributed by atoms with E-state index >= 15 is 0 Å². The van der Waals surface area contributed by atoms with Gasteiger partial charge in [0.05, 0.1) is 0 Å². The summed E-state index contributed by atoms with van der Waals surface area (Å²) in [7, 11) is 1.85. The summed E-state index contributed by atoms with van der Waals surface area (Å²) in [5.41, 5.74) is 1.02. The van der Waals surface area contributed by atoms with E-state index in [0.29, 0.717) is 12.2 Å². The fourth-order valence-electron chi connectivity index (χ4n) is 2.77. The molecule has 5 nitrogen and oxygen atoms in total. The van der Waals surface area contributed by atoms with Crippen LogP contribution < -0.4 is 5.32 Å². The van der Waals surface area contributed by atoms with Crippen LogP contribution in [0.2, 0.25) is 0 Å². The Kier molecular flexibility index (Phi) is 3.37. The molecule has 1 N–H and O–H groups in total. The molecule has 0 spiro atoms. The van der Waals surface area contributed by atoms with Gasteiger partial charge in [0.25, 0.3) is 0 Å². The van der Waals surface area contributed by atoms with Gasteiger partial charge < -0.3 is 9.88 Å². The second kappa shape index (κ2) is 4.81. The minimum atomic E-state index is -0.00759. The molecule has 1 aromatic heterocycles. The molecule has 0 saturated carbocycles. The predicted octanol–water partition coefficient (Wildman–Crippen LogP) is 1.14. The van der Waals surface area contributed by atoms with Crippen LogP contribution in [-0.2, 0) is 18.3 Å². The van der Waals surface area contributed by atoms with E-state index < -0.39 is 0 Å². The van der Waals surface area contributed by atoms with Gasteiger partial charge in [-0.3, -0.25) is 4.79 Å². The largest absolute Gasteiger partial charge is 0.356 e. The van der Waals surface area contributed by atoms with Crippen molar-refractivity contribution in [1.82, 2.24) is 14.9 Å². The zero-order valence-electron chi connectivity index (χ0n) is 10.9. The van der Waals surface area contributed by atoms with Gasteiger partial charge in [0, 0.05) is 37.3 Å². The molecule has 1 amide bonds. The second-order valence-corrected chi connectivity index (χ2v) is 5.12. The fourth-order valence-corrected chi connectivity index (χ4v) is 2.77. The van der Waals surface area contributed by atoms with Gasteiger partial charge in [0.1, 0.15) is 6.07 Å². The molecule has 0 aliphatic carbocycles. The molecule has 2 rings (SSSR count). The molecule has 1 aromatic rings. The van der Waals surface area contributed by atoms with E-state index in [4.69, 9.17) is 5.26 Å². The predicted molar refractivity (Wildman–Crippen MR) is 66.6 cm³/mol. The van der Waals surface area contributed by atoms with Crippen molar-refractivity contribution in [2.24, 2.45) is 12.5 Å². The summed E-state index contributed by atoms with van der Waals surface area (Å²) in [4.78, 5) is 15.6. The Morgan fingerprint density at radius 2 is 2.44 bits per heavy atom. The van der Waals surface area contributed by atoms with E-state index in [1.165, 1.54) is 0 Å². The molecule has 0 aromatic carbocycles. The highest BCUT2D eigenvalue weighted by molar-refractivity contribution is 5.79. The van der Waals surface area contributed by atoms with Crippen molar-refractivity contribution in [3.05, 3.63) is 17.7 Å². The molecule has 5 heteroatoms. The van der Waals surface area contributed by atoms with Gasteiger partial charge in [-0.05, 0) is 12.8 Å². The zero-order chi connectivity index (χ0) is 13.2. The molecule has 0 radical (unpaired) electrons. The third-order valence-corrected chi connectivity index (χ3v) is 3.72. The number of nitrogens with one attached hydrogen (secondary N) is 1. The van der Waals surface area contributed by atoms with Crippen LogP contribution in [0, 0.1) is 16.7 Å². The maximum Gasteiger partial charge on any atom is 0.220 e. The highest BCUT2D eigenvalue weighted by atomic mass is 16.1. The maximum atomic E-state index is 11.5. The molecule has 1 saturated heterocycles. The van der Waals surface area contributed by atoms with Gasteiger partial charge in [-0.25, -0.2) is 4.98 Å². The molecule has 1 atom stereocenters. The van der Waals surface area contributed by atoms with Crippen LogP contribution in [0.25, 0.3) is 0 Å². The molecule has 1 aliphatic heterocycles. The number of hydrogen-bond donors (Lipinski definition) is 1. The number of nitriles is 1. The first kappa shape index (κ1) is 12.6. The minimum Gasteiger partial charge on any atom is -0.356 e. The van der Waals surface area contributed by atoms with E-state index in [9.17, 15) is 4.79 Å². The highest BCUT2D eigenvalue weighted by Gasteiger charge is 2.38. The molecule has 2 heterocycles. The minimum absolute atomic E-state index is 0.00759. The molecule has 1 fully saturated rings. The Morgan fingerprint density at radius 1 is 1.67 bits per heavy atom.